The molecule has 2 aromatic rings. The van der Waals surface area contributed by atoms with Gasteiger partial charge in [0.25, 0.3) is 5.56 Å². The third kappa shape index (κ3) is 4.60. The van der Waals surface area contributed by atoms with E-state index in [4.69, 9.17) is 4.74 Å². The average molecular weight is 424 g/mol. The number of hydrogen-bond acceptors (Lipinski definition) is 4. The number of benzene rings is 1. The Hall–Kier alpha value is -2.97. The molecule has 6 nitrogen and oxygen atoms in total. The summed E-state index contributed by atoms with van der Waals surface area (Å²) in [7, 11) is 0. The van der Waals surface area contributed by atoms with Crippen molar-refractivity contribution in [3.05, 3.63) is 52.4 Å². The van der Waals surface area contributed by atoms with Gasteiger partial charge in [0.15, 0.2) is 0 Å². The van der Waals surface area contributed by atoms with Gasteiger partial charge in [-0.15, -0.1) is 0 Å². The van der Waals surface area contributed by atoms with Crippen LogP contribution in [0, 0.1) is 0 Å². The highest BCUT2D eigenvalue weighted by atomic mass is 19.4. The number of nitrogens with zero attached hydrogens (tertiary/aromatic N) is 2. The first-order chi connectivity index (χ1) is 13.9. The lowest BCUT2D eigenvalue weighted by atomic mass is 10.0. The van der Waals surface area contributed by atoms with Crippen LogP contribution in [0.1, 0.15) is 32.8 Å². The predicted molar refractivity (Wildman–Crippen MR) is 104 cm³/mol. The lowest BCUT2D eigenvalue weighted by Crippen LogP contribution is -2.55. The van der Waals surface area contributed by atoms with E-state index in [0.717, 1.165) is 12.1 Å². The molecule has 0 saturated carbocycles. The molecule has 3 rings (SSSR count). The molecule has 0 spiro atoms. The van der Waals surface area contributed by atoms with Gasteiger partial charge in [0, 0.05) is 24.8 Å². The van der Waals surface area contributed by atoms with Gasteiger partial charge in [0.2, 0.25) is 0 Å². The van der Waals surface area contributed by atoms with Crippen LogP contribution in [0.4, 0.5) is 18.0 Å². The standard InChI is InChI=1S/C21H23F3N2O4/c1-20(2,3)30-19(29)26-10-8-14(26)12-25-9-4-5-16(18(25)28)15-7-6-13(11-17(15)27)21(22,23)24/h4-7,9,11,14,27H,8,10,12H2,1-3H3. The average Bonchev–Trinajstić information content (AvgIpc) is 2.57. The molecule has 30 heavy (non-hydrogen) atoms. The van der Waals surface area contributed by atoms with Crippen LogP contribution in [0.15, 0.2) is 41.3 Å². The van der Waals surface area contributed by atoms with Gasteiger partial charge < -0.3 is 19.3 Å². The first kappa shape index (κ1) is 21.7. The first-order valence-corrected chi connectivity index (χ1v) is 9.46. The summed E-state index contributed by atoms with van der Waals surface area (Å²) in [6, 6.07) is 5.28. The molecule has 1 fully saturated rings. The molecule has 0 radical (unpaired) electrons. The summed E-state index contributed by atoms with van der Waals surface area (Å²) >= 11 is 0. The third-order valence-corrected chi connectivity index (χ3v) is 4.81. The molecular weight excluding hydrogens is 401 g/mol. The quantitative estimate of drug-likeness (QED) is 0.800. The highest BCUT2D eigenvalue weighted by molar-refractivity contribution is 5.70. The van der Waals surface area contributed by atoms with Crippen molar-refractivity contribution in [1.29, 1.82) is 0 Å². The summed E-state index contributed by atoms with van der Waals surface area (Å²) in [6.07, 6.45) is -2.81. The largest absolute Gasteiger partial charge is 0.507 e. The number of carbonyl (C=O) groups excluding carboxylic acids is 1. The fraction of sp³-hybridized carbons (Fsp3) is 0.429. The Morgan fingerprint density at radius 3 is 2.43 bits per heavy atom. The van der Waals surface area contributed by atoms with Crippen molar-refractivity contribution in [2.75, 3.05) is 6.54 Å². The van der Waals surface area contributed by atoms with Crippen LogP contribution in [-0.4, -0.2) is 38.9 Å². The zero-order chi connectivity index (χ0) is 22.3. The molecule has 1 N–H and O–H groups in total. The maximum absolute atomic E-state index is 12.9. The molecule has 1 aromatic heterocycles. The van der Waals surface area contributed by atoms with E-state index in [-0.39, 0.29) is 23.7 Å². The molecule has 1 aliphatic rings. The molecule has 2 heterocycles. The number of carbonyl (C=O) groups is 1. The second kappa shape index (κ2) is 7.70. The number of rotatable bonds is 3. The number of likely N-dealkylation sites (tertiary alicyclic amines) is 1. The molecule has 162 valence electrons. The number of halogens is 3. The van der Waals surface area contributed by atoms with Crippen molar-refractivity contribution in [3.63, 3.8) is 0 Å². The maximum Gasteiger partial charge on any atom is 0.416 e. The van der Waals surface area contributed by atoms with Crippen molar-refractivity contribution < 1.29 is 27.8 Å². The number of hydrogen-bond donors (Lipinski definition) is 1. The predicted octanol–water partition coefficient (Wildman–Crippen LogP) is 4.25. The topological polar surface area (TPSA) is 71.8 Å². The Morgan fingerprint density at radius 2 is 1.90 bits per heavy atom. The van der Waals surface area contributed by atoms with E-state index in [1.807, 2.05) is 0 Å². The van der Waals surface area contributed by atoms with E-state index >= 15 is 0 Å². The summed E-state index contributed by atoms with van der Waals surface area (Å²) in [5.41, 5.74) is -2.01. The van der Waals surface area contributed by atoms with E-state index in [2.05, 4.69) is 0 Å². The highest BCUT2D eigenvalue weighted by Gasteiger charge is 2.36. The number of alkyl halides is 3. The van der Waals surface area contributed by atoms with Crippen molar-refractivity contribution in [2.24, 2.45) is 0 Å². The van der Waals surface area contributed by atoms with E-state index < -0.39 is 34.7 Å². The zero-order valence-corrected chi connectivity index (χ0v) is 16.9. The van der Waals surface area contributed by atoms with E-state index in [1.165, 1.54) is 10.6 Å². The van der Waals surface area contributed by atoms with Crippen molar-refractivity contribution in [3.8, 4) is 16.9 Å². The maximum atomic E-state index is 12.9. The van der Waals surface area contributed by atoms with Crippen LogP contribution in [-0.2, 0) is 17.5 Å². The minimum absolute atomic E-state index is 0.0138. The van der Waals surface area contributed by atoms with Crippen LogP contribution in [0.25, 0.3) is 11.1 Å². The van der Waals surface area contributed by atoms with Crippen molar-refractivity contribution in [1.82, 2.24) is 9.47 Å². The van der Waals surface area contributed by atoms with Crippen LogP contribution in [0.3, 0.4) is 0 Å². The van der Waals surface area contributed by atoms with Gasteiger partial charge >= 0.3 is 12.3 Å². The SMILES string of the molecule is CC(C)(C)OC(=O)N1CCC1Cn1cccc(-c2ccc(C(F)(F)F)cc2O)c1=O. The molecule has 1 aliphatic heterocycles. The Labute approximate surface area is 171 Å². The minimum Gasteiger partial charge on any atom is -0.507 e. The number of aromatic hydroxyl groups is 1. The molecule has 0 bridgehead atoms. The summed E-state index contributed by atoms with van der Waals surface area (Å²) in [5, 5.41) is 10.1. The van der Waals surface area contributed by atoms with Gasteiger partial charge in [-0.3, -0.25) is 4.79 Å². The minimum atomic E-state index is -4.59. The van der Waals surface area contributed by atoms with Gasteiger partial charge in [-0.05, 0) is 57.5 Å². The number of phenolic OH excluding ortho intramolecular Hbond substituents is 1. The monoisotopic (exact) mass is 424 g/mol. The van der Waals surface area contributed by atoms with Gasteiger partial charge in [0.1, 0.15) is 11.4 Å². The zero-order valence-electron chi connectivity index (χ0n) is 16.9. The van der Waals surface area contributed by atoms with Crippen LogP contribution in [0.5, 0.6) is 5.75 Å². The molecule has 1 amide bonds. The number of pyridine rings is 1. The van der Waals surface area contributed by atoms with Crippen molar-refractivity contribution in [2.45, 2.75) is 51.6 Å². The lowest BCUT2D eigenvalue weighted by molar-refractivity contribution is -0.137. The highest BCUT2D eigenvalue weighted by Crippen LogP contribution is 2.35. The molecule has 1 saturated heterocycles. The van der Waals surface area contributed by atoms with Crippen LogP contribution < -0.4 is 5.56 Å². The van der Waals surface area contributed by atoms with Gasteiger partial charge in [-0.2, -0.15) is 13.2 Å². The molecule has 1 atom stereocenters. The van der Waals surface area contributed by atoms with Crippen molar-refractivity contribution >= 4 is 6.09 Å². The second-order valence-corrected chi connectivity index (χ2v) is 8.23. The Morgan fingerprint density at radius 1 is 1.20 bits per heavy atom. The lowest BCUT2D eigenvalue weighted by Gasteiger charge is -2.41. The number of phenols is 1. The smallest absolute Gasteiger partial charge is 0.416 e. The van der Waals surface area contributed by atoms with Gasteiger partial charge in [-0.1, -0.05) is 0 Å². The third-order valence-electron chi connectivity index (χ3n) is 4.81. The van der Waals surface area contributed by atoms with Crippen LogP contribution in [0.2, 0.25) is 0 Å². The molecule has 0 aliphatic carbocycles. The number of ether oxygens (including phenoxy) is 1. The van der Waals surface area contributed by atoms with Gasteiger partial charge in [0.05, 0.1) is 17.2 Å². The molecule has 1 aromatic carbocycles. The Balaban J connectivity index is 1.83. The number of aromatic nitrogens is 1. The van der Waals surface area contributed by atoms with E-state index in [9.17, 15) is 27.9 Å². The summed E-state index contributed by atoms with van der Waals surface area (Å²) in [5.74, 6) is -0.626. The summed E-state index contributed by atoms with van der Waals surface area (Å²) in [6.45, 7) is 6.04. The number of amides is 1. The molecular formula is C21H23F3N2O4. The molecule has 1 unspecified atom stereocenters. The Bertz CT molecular complexity index is 1010. The summed E-state index contributed by atoms with van der Waals surface area (Å²) < 4.78 is 45.2. The molecule has 9 heteroatoms. The second-order valence-electron chi connectivity index (χ2n) is 8.23. The van der Waals surface area contributed by atoms with E-state index in [0.29, 0.717) is 19.0 Å². The first-order valence-electron chi connectivity index (χ1n) is 9.46. The fourth-order valence-electron chi connectivity index (χ4n) is 3.24. The summed E-state index contributed by atoms with van der Waals surface area (Å²) in [4.78, 5) is 26.7. The van der Waals surface area contributed by atoms with E-state index in [1.54, 1.807) is 37.9 Å². The van der Waals surface area contributed by atoms with Gasteiger partial charge in [-0.25, -0.2) is 4.79 Å². The van der Waals surface area contributed by atoms with Crippen LogP contribution >= 0.6 is 0 Å². The fourth-order valence-corrected chi connectivity index (χ4v) is 3.24. The normalized spacial score (nSPS) is 16.9. The Kier molecular flexibility index (Phi) is 5.58.